The number of amides is 1. The highest BCUT2D eigenvalue weighted by atomic mass is 32.2. The third-order valence-corrected chi connectivity index (χ3v) is 6.13. The van der Waals surface area contributed by atoms with E-state index in [2.05, 4.69) is 25.6 Å². The first-order valence-corrected chi connectivity index (χ1v) is 11.7. The third kappa shape index (κ3) is 4.77. The summed E-state index contributed by atoms with van der Waals surface area (Å²) in [6, 6.07) is 11.5. The maximum Gasteiger partial charge on any atom is 0.251 e. The molecule has 0 aliphatic carbocycles. The van der Waals surface area contributed by atoms with E-state index < -0.39 is 0 Å². The number of hydrogen-bond acceptors (Lipinski definition) is 6. The van der Waals surface area contributed by atoms with Crippen molar-refractivity contribution in [1.82, 2.24) is 24.8 Å². The van der Waals surface area contributed by atoms with Crippen LogP contribution < -0.4 is 5.32 Å². The molecule has 30 heavy (non-hydrogen) atoms. The zero-order valence-electron chi connectivity index (χ0n) is 16.5. The summed E-state index contributed by atoms with van der Waals surface area (Å²) in [5.74, 6) is -0.0701. The van der Waals surface area contributed by atoms with Crippen molar-refractivity contribution < 1.29 is 4.79 Å². The Kier molecular flexibility index (Phi) is 6.56. The van der Waals surface area contributed by atoms with Crippen LogP contribution in [-0.4, -0.2) is 38.2 Å². The van der Waals surface area contributed by atoms with Crippen molar-refractivity contribution in [2.24, 2.45) is 0 Å². The van der Waals surface area contributed by atoms with Gasteiger partial charge in [-0.25, -0.2) is 9.97 Å². The summed E-state index contributed by atoms with van der Waals surface area (Å²) in [5, 5.41) is 7.03. The van der Waals surface area contributed by atoms with Gasteiger partial charge in [0.1, 0.15) is 0 Å². The van der Waals surface area contributed by atoms with Gasteiger partial charge in [-0.2, -0.15) is 0 Å². The molecule has 0 unspecified atom stereocenters. The van der Waals surface area contributed by atoms with Gasteiger partial charge in [-0.05, 0) is 43.0 Å². The number of aromatic nitrogens is 4. The number of imidazole rings is 1. The molecule has 3 aromatic heterocycles. The van der Waals surface area contributed by atoms with Gasteiger partial charge in [0.05, 0.1) is 10.7 Å². The lowest BCUT2D eigenvalue weighted by Crippen LogP contribution is -2.24. The lowest BCUT2D eigenvalue weighted by atomic mass is 10.2. The minimum absolute atomic E-state index is 0.0701. The predicted molar refractivity (Wildman–Crippen MR) is 121 cm³/mol. The van der Waals surface area contributed by atoms with E-state index in [-0.39, 0.29) is 5.91 Å². The fourth-order valence-corrected chi connectivity index (χ4v) is 4.44. The Balaban J connectivity index is 1.30. The first-order valence-electron chi connectivity index (χ1n) is 9.55. The van der Waals surface area contributed by atoms with Gasteiger partial charge in [-0.1, -0.05) is 17.8 Å². The number of nitrogens with one attached hydrogen (secondary N) is 1. The molecule has 1 amide bonds. The number of nitrogens with zero attached hydrogens (tertiary/aromatic N) is 4. The molecule has 0 aliphatic heterocycles. The summed E-state index contributed by atoms with van der Waals surface area (Å²) in [6.07, 6.45) is 10.9. The normalized spacial score (nSPS) is 10.8. The second kappa shape index (κ2) is 9.69. The van der Waals surface area contributed by atoms with Crippen molar-refractivity contribution in [3.63, 3.8) is 0 Å². The average molecular weight is 436 g/mol. The summed E-state index contributed by atoms with van der Waals surface area (Å²) in [6.45, 7) is 0.606. The van der Waals surface area contributed by atoms with Crippen LogP contribution in [0.5, 0.6) is 0 Å². The van der Waals surface area contributed by atoms with Crippen LogP contribution in [-0.2, 0) is 6.42 Å². The zero-order chi connectivity index (χ0) is 20.8. The zero-order valence-corrected chi connectivity index (χ0v) is 18.1. The van der Waals surface area contributed by atoms with Gasteiger partial charge in [0, 0.05) is 59.9 Å². The Morgan fingerprint density at radius 2 is 2.07 bits per heavy atom. The molecule has 4 rings (SSSR count). The van der Waals surface area contributed by atoms with Gasteiger partial charge >= 0.3 is 0 Å². The second-order valence-electron chi connectivity index (χ2n) is 6.56. The van der Waals surface area contributed by atoms with Crippen molar-refractivity contribution in [3.05, 3.63) is 77.1 Å². The third-order valence-electron chi connectivity index (χ3n) is 4.56. The van der Waals surface area contributed by atoms with Crippen molar-refractivity contribution in [1.29, 1.82) is 0 Å². The lowest BCUT2D eigenvalue weighted by molar-refractivity contribution is 0.0953. The minimum Gasteiger partial charge on any atom is -0.352 e. The van der Waals surface area contributed by atoms with Crippen molar-refractivity contribution in [2.45, 2.75) is 18.0 Å². The minimum atomic E-state index is -0.0701. The van der Waals surface area contributed by atoms with Crippen LogP contribution in [0.1, 0.15) is 21.8 Å². The van der Waals surface area contributed by atoms with E-state index in [9.17, 15) is 4.79 Å². The molecule has 6 nitrogen and oxygen atoms in total. The van der Waals surface area contributed by atoms with Gasteiger partial charge in [0.25, 0.3) is 5.91 Å². The number of pyridine rings is 1. The Hall–Kier alpha value is -2.97. The number of thiazole rings is 1. The molecule has 4 aromatic rings. The van der Waals surface area contributed by atoms with Crippen LogP contribution in [0.3, 0.4) is 0 Å². The molecule has 3 heterocycles. The van der Waals surface area contributed by atoms with E-state index >= 15 is 0 Å². The quantitative estimate of drug-likeness (QED) is 0.326. The van der Waals surface area contributed by atoms with E-state index in [4.69, 9.17) is 0 Å². The van der Waals surface area contributed by atoms with E-state index in [1.54, 1.807) is 41.7 Å². The van der Waals surface area contributed by atoms with E-state index in [1.807, 2.05) is 53.4 Å². The van der Waals surface area contributed by atoms with E-state index in [0.717, 1.165) is 40.0 Å². The monoisotopic (exact) mass is 435 g/mol. The van der Waals surface area contributed by atoms with Crippen LogP contribution in [0.4, 0.5) is 0 Å². The molecule has 152 valence electrons. The maximum atomic E-state index is 12.6. The molecule has 8 heteroatoms. The van der Waals surface area contributed by atoms with Crippen LogP contribution in [0.2, 0.25) is 0 Å². The fourth-order valence-electron chi connectivity index (χ4n) is 3.06. The molecule has 0 spiro atoms. The topological polar surface area (TPSA) is 72.7 Å². The van der Waals surface area contributed by atoms with E-state index in [1.165, 1.54) is 0 Å². The molecule has 0 atom stereocenters. The molecule has 0 fully saturated rings. The smallest absolute Gasteiger partial charge is 0.251 e. The molecule has 0 saturated carbocycles. The van der Waals surface area contributed by atoms with Gasteiger partial charge in [-0.3, -0.25) is 14.3 Å². The number of thioether (sulfide) groups is 1. The van der Waals surface area contributed by atoms with Crippen molar-refractivity contribution in [3.8, 4) is 16.9 Å². The lowest BCUT2D eigenvalue weighted by Gasteiger charge is -2.09. The highest BCUT2D eigenvalue weighted by molar-refractivity contribution is 7.98. The molecule has 0 radical (unpaired) electrons. The largest absolute Gasteiger partial charge is 0.352 e. The summed E-state index contributed by atoms with van der Waals surface area (Å²) in [4.78, 5) is 25.6. The molecule has 0 bridgehead atoms. The first kappa shape index (κ1) is 20.3. The number of aryl methyl sites for hydroxylation is 1. The van der Waals surface area contributed by atoms with Crippen LogP contribution in [0.25, 0.3) is 16.9 Å². The molecule has 1 aromatic carbocycles. The molecule has 0 saturated heterocycles. The van der Waals surface area contributed by atoms with E-state index in [0.29, 0.717) is 12.1 Å². The highest BCUT2D eigenvalue weighted by Crippen LogP contribution is 2.22. The van der Waals surface area contributed by atoms with Gasteiger partial charge in [0.15, 0.2) is 5.16 Å². The molecular formula is C22H21N5OS2. The van der Waals surface area contributed by atoms with Gasteiger partial charge < -0.3 is 5.32 Å². The maximum absolute atomic E-state index is 12.6. The highest BCUT2D eigenvalue weighted by Gasteiger charge is 2.09. The Morgan fingerprint density at radius 1 is 1.20 bits per heavy atom. The van der Waals surface area contributed by atoms with Crippen LogP contribution in [0.15, 0.2) is 71.7 Å². The Bertz CT molecular complexity index is 1120. The summed E-state index contributed by atoms with van der Waals surface area (Å²) >= 11 is 3.22. The second-order valence-corrected chi connectivity index (χ2v) is 8.27. The Labute approximate surface area is 183 Å². The molecule has 1 N–H and O–H groups in total. The summed E-state index contributed by atoms with van der Waals surface area (Å²) in [7, 11) is 0. The number of carbonyl (C=O) groups is 1. The first-order chi connectivity index (χ1) is 14.7. The number of benzene rings is 1. The van der Waals surface area contributed by atoms with Crippen LogP contribution in [0, 0.1) is 0 Å². The number of rotatable bonds is 8. The van der Waals surface area contributed by atoms with Gasteiger partial charge in [0.2, 0.25) is 0 Å². The Morgan fingerprint density at radius 3 is 2.90 bits per heavy atom. The van der Waals surface area contributed by atoms with Crippen molar-refractivity contribution in [2.75, 3.05) is 12.8 Å². The van der Waals surface area contributed by atoms with Gasteiger partial charge in [-0.15, -0.1) is 11.3 Å². The predicted octanol–water partition coefficient (Wildman–Crippen LogP) is 4.48. The molecular weight excluding hydrogens is 414 g/mol. The van der Waals surface area contributed by atoms with Crippen molar-refractivity contribution >= 4 is 29.0 Å². The average Bonchev–Trinajstić information content (AvgIpc) is 3.47. The molecule has 0 aliphatic rings. The summed E-state index contributed by atoms with van der Waals surface area (Å²) in [5.41, 5.74) is 3.61. The SMILES string of the molecule is CSc1nccn1-c1cccc(C(=O)NCCCc2nc(-c3ccncc3)cs2)c1. The van der Waals surface area contributed by atoms with Crippen LogP contribution >= 0.6 is 23.1 Å². The fraction of sp³-hybridized carbons (Fsp3) is 0.182. The number of hydrogen-bond donors (Lipinski definition) is 1. The standard InChI is InChI=1S/C22H21N5OS2/c1-29-22-25-12-13-27(22)18-5-2-4-17(14-18)21(28)24-9-3-6-20-26-19(15-30-20)16-7-10-23-11-8-16/h2,4-5,7-8,10-15H,3,6,9H2,1H3,(H,24,28). The summed E-state index contributed by atoms with van der Waals surface area (Å²) < 4.78 is 1.98. The number of carbonyl (C=O) groups excluding carboxylic acids is 1.